The second-order valence-electron chi connectivity index (χ2n) is 10.2. The van der Waals surface area contributed by atoms with E-state index in [4.69, 9.17) is 22.1 Å². The first-order valence-corrected chi connectivity index (χ1v) is 13.3. The number of rotatable bonds is 10. The molecule has 0 bridgehead atoms. The van der Waals surface area contributed by atoms with Gasteiger partial charge >= 0.3 is 0 Å². The molecule has 2 aromatic carbocycles. The third-order valence-corrected chi connectivity index (χ3v) is 7.03. The van der Waals surface area contributed by atoms with Gasteiger partial charge in [0.1, 0.15) is 17.9 Å². The van der Waals surface area contributed by atoms with Gasteiger partial charge in [-0.2, -0.15) is 4.98 Å². The second-order valence-corrected chi connectivity index (χ2v) is 10.6. The molecule has 1 aliphatic rings. The minimum absolute atomic E-state index is 0.0981. The normalized spacial score (nSPS) is 14.2. The maximum absolute atomic E-state index is 14.1. The van der Waals surface area contributed by atoms with Crippen molar-refractivity contribution in [3.8, 4) is 5.75 Å². The SMILES string of the molecule is COc1cc(N(C)CCN2CCCCC2)c(N)cc1Nc1ncnc(Nc2cc(Cl)c(F)cc2C(C)(C)O)n1. The van der Waals surface area contributed by atoms with Crippen LogP contribution < -0.4 is 26.0 Å². The molecule has 3 aromatic rings. The van der Waals surface area contributed by atoms with Crippen LogP contribution in [-0.2, 0) is 5.60 Å². The quantitative estimate of drug-likeness (QED) is 0.255. The van der Waals surface area contributed by atoms with Crippen LogP contribution in [0.5, 0.6) is 5.75 Å². The van der Waals surface area contributed by atoms with E-state index in [0.717, 1.165) is 31.9 Å². The van der Waals surface area contributed by atoms with Crippen LogP contribution in [0.15, 0.2) is 30.6 Å². The van der Waals surface area contributed by atoms with Crippen molar-refractivity contribution in [2.75, 3.05) is 61.6 Å². The largest absolute Gasteiger partial charge is 0.494 e. The van der Waals surface area contributed by atoms with Gasteiger partial charge in [0.05, 0.1) is 34.8 Å². The molecule has 12 heteroatoms. The molecule has 210 valence electrons. The number of aromatic nitrogens is 3. The average Bonchev–Trinajstić information content (AvgIpc) is 2.89. The van der Waals surface area contributed by atoms with Crippen LogP contribution >= 0.6 is 11.6 Å². The Kier molecular flexibility index (Phi) is 8.94. The molecule has 0 radical (unpaired) electrons. The number of hydrogen-bond acceptors (Lipinski definition) is 10. The summed E-state index contributed by atoms with van der Waals surface area (Å²) in [4.78, 5) is 17.4. The minimum Gasteiger partial charge on any atom is -0.494 e. The van der Waals surface area contributed by atoms with Gasteiger partial charge in [-0.15, -0.1) is 0 Å². The van der Waals surface area contributed by atoms with E-state index in [1.54, 1.807) is 27.0 Å². The fourth-order valence-corrected chi connectivity index (χ4v) is 4.76. The van der Waals surface area contributed by atoms with Crippen molar-refractivity contribution < 1.29 is 14.2 Å². The van der Waals surface area contributed by atoms with Crippen molar-refractivity contribution in [3.05, 3.63) is 47.0 Å². The van der Waals surface area contributed by atoms with Crippen LogP contribution in [0.25, 0.3) is 0 Å². The van der Waals surface area contributed by atoms with E-state index in [1.807, 2.05) is 13.1 Å². The molecule has 0 saturated carbocycles. The van der Waals surface area contributed by atoms with E-state index in [9.17, 15) is 9.50 Å². The maximum atomic E-state index is 14.1. The third-order valence-electron chi connectivity index (χ3n) is 6.74. The van der Waals surface area contributed by atoms with Gasteiger partial charge in [0.15, 0.2) is 0 Å². The smallest absolute Gasteiger partial charge is 0.232 e. The molecule has 1 aliphatic heterocycles. The van der Waals surface area contributed by atoms with Gasteiger partial charge in [-0.3, -0.25) is 0 Å². The summed E-state index contributed by atoms with van der Waals surface area (Å²) in [7, 11) is 3.61. The van der Waals surface area contributed by atoms with Crippen molar-refractivity contribution in [1.29, 1.82) is 0 Å². The Labute approximate surface area is 233 Å². The highest BCUT2D eigenvalue weighted by Gasteiger charge is 2.23. The zero-order valence-electron chi connectivity index (χ0n) is 22.8. The van der Waals surface area contributed by atoms with Crippen molar-refractivity contribution in [2.45, 2.75) is 38.7 Å². The van der Waals surface area contributed by atoms with Crippen molar-refractivity contribution in [1.82, 2.24) is 19.9 Å². The molecule has 0 atom stereocenters. The van der Waals surface area contributed by atoms with E-state index in [0.29, 0.717) is 28.4 Å². The number of aliphatic hydroxyl groups is 1. The average molecular weight is 559 g/mol. The Morgan fingerprint density at radius 2 is 1.77 bits per heavy atom. The molecule has 1 fully saturated rings. The summed E-state index contributed by atoms with van der Waals surface area (Å²) in [5, 5.41) is 16.5. The van der Waals surface area contributed by atoms with E-state index in [-0.39, 0.29) is 16.9 Å². The van der Waals surface area contributed by atoms with E-state index in [1.165, 1.54) is 37.7 Å². The summed E-state index contributed by atoms with van der Waals surface area (Å²) in [6, 6.07) is 6.24. The summed E-state index contributed by atoms with van der Waals surface area (Å²) >= 11 is 5.99. The van der Waals surface area contributed by atoms with Gasteiger partial charge in [-0.1, -0.05) is 18.0 Å². The molecular formula is C27H36ClFN8O2. The number of halogens is 2. The van der Waals surface area contributed by atoms with Crippen LogP contribution in [0, 0.1) is 5.82 Å². The topological polar surface area (TPSA) is 125 Å². The molecule has 5 N–H and O–H groups in total. The van der Waals surface area contributed by atoms with Gasteiger partial charge < -0.3 is 36.0 Å². The summed E-state index contributed by atoms with van der Waals surface area (Å²) in [6.07, 6.45) is 5.15. The molecule has 1 aromatic heterocycles. The summed E-state index contributed by atoms with van der Waals surface area (Å²) < 4.78 is 19.7. The zero-order valence-corrected chi connectivity index (χ0v) is 23.5. The van der Waals surface area contributed by atoms with Crippen LogP contribution in [-0.4, -0.2) is 65.3 Å². The monoisotopic (exact) mass is 558 g/mol. The molecule has 0 amide bonds. The van der Waals surface area contributed by atoms with Crippen molar-refractivity contribution in [3.63, 3.8) is 0 Å². The molecule has 10 nitrogen and oxygen atoms in total. The highest BCUT2D eigenvalue weighted by atomic mass is 35.5. The van der Waals surface area contributed by atoms with Gasteiger partial charge in [0, 0.05) is 37.5 Å². The molecule has 0 spiro atoms. The lowest BCUT2D eigenvalue weighted by atomic mass is 9.96. The van der Waals surface area contributed by atoms with Crippen LogP contribution in [0.2, 0.25) is 5.02 Å². The van der Waals surface area contributed by atoms with E-state index >= 15 is 0 Å². The van der Waals surface area contributed by atoms with Crippen LogP contribution in [0.4, 0.5) is 39.0 Å². The Morgan fingerprint density at radius 1 is 1.10 bits per heavy atom. The lowest BCUT2D eigenvalue weighted by Gasteiger charge is -2.30. The van der Waals surface area contributed by atoms with Crippen molar-refractivity contribution in [2.24, 2.45) is 0 Å². The molecule has 39 heavy (non-hydrogen) atoms. The first-order valence-electron chi connectivity index (χ1n) is 12.9. The molecule has 2 heterocycles. The number of nitrogen functional groups attached to an aromatic ring is 1. The number of methoxy groups -OCH3 is 1. The van der Waals surface area contributed by atoms with Gasteiger partial charge in [-0.25, -0.2) is 14.4 Å². The number of nitrogens with zero attached hydrogens (tertiary/aromatic N) is 5. The lowest BCUT2D eigenvalue weighted by molar-refractivity contribution is 0.0790. The highest BCUT2D eigenvalue weighted by molar-refractivity contribution is 6.31. The van der Waals surface area contributed by atoms with Crippen molar-refractivity contribution >= 4 is 46.2 Å². The van der Waals surface area contributed by atoms with Crippen LogP contribution in [0.1, 0.15) is 38.7 Å². The third kappa shape index (κ3) is 7.17. The van der Waals surface area contributed by atoms with E-state index < -0.39 is 11.4 Å². The zero-order chi connectivity index (χ0) is 28.2. The number of likely N-dealkylation sites (tertiary alicyclic amines) is 1. The predicted molar refractivity (Wildman–Crippen MR) is 154 cm³/mol. The number of hydrogen-bond donors (Lipinski definition) is 4. The van der Waals surface area contributed by atoms with Gasteiger partial charge in [-0.05, 0) is 58.0 Å². The first kappa shape index (κ1) is 28.6. The summed E-state index contributed by atoms with van der Waals surface area (Å²) in [6.45, 7) is 7.21. The first-order chi connectivity index (χ1) is 18.5. The number of ether oxygens (including phenoxy) is 1. The Hall–Kier alpha value is -3.41. The maximum Gasteiger partial charge on any atom is 0.232 e. The molecule has 0 aliphatic carbocycles. The van der Waals surface area contributed by atoms with Gasteiger partial charge in [0.2, 0.25) is 11.9 Å². The second kappa shape index (κ2) is 12.2. The summed E-state index contributed by atoms with van der Waals surface area (Å²) in [5.74, 6) is 0.340. The predicted octanol–water partition coefficient (Wildman–Crippen LogP) is 4.89. The fraction of sp³-hybridized carbons (Fsp3) is 0.444. The minimum atomic E-state index is -1.34. The number of nitrogens with one attached hydrogen (secondary N) is 2. The standard InChI is InChI=1S/C27H36ClFN8O2/c1-27(2,38)17-12-19(29)18(28)13-21(17)33-25-31-16-32-26(35-25)34-22-14-20(30)23(15-24(22)39-4)36(3)10-11-37-8-6-5-7-9-37/h12-16,38H,5-11,30H2,1-4H3,(H2,31,32,33,34,35). The molecule has 4 rings (SSSR count). The molecule has 0 unspecified atom stereocenters. The Morgan fingerprint density at radius 3 is 2.41 bits per heavy atom. The summed E-state index contributed by atoms with van der Waals surface area (Å²) in [5.41, 5.74) is 7.81. The molecular weight excluding hydrogens is 523 g/mol. The number of nitrogens with two attached hydrogens (primary N) is 1. The van der Waals surface area contributed by atoms with Crippen LogP contribution in [0.3, 0.4) is 0 Å². The lowest BCUT2D eigenvalue weighted by Crippen LogP contribution is -2.36. The Bertz CT molecular complexity index is 1300. The number of benzene rings is 2. The van der Waals surface area contributed by atoms with Gasteiger partial charge in [0.25, 0.3) is 0 Å². The number of likely N-dealkylation sites (N-methyl/N-ethyl adjacent to an activating group) is 1. The fourth-order valence-electron chi connectivity index (χ4n) is 4.59. The highest BCUT2D eigenvalue weighted by Crippen LogP contribution is 2.37. The van der Waals surface area contributed by atoms with E-state index in [2.05, 4.69) is 35.4 Å². The number of anilines is 6. The number of piperidine rings is 1. The Balaban J connectivity index is 1.52. The molecule has 1 saturated heterocycles.